The molecule has 0 saturated heterocycles. The molecule has 132 valence electrons. The average molecular weight is 325 g/mol. The Balaban J connectivity index is 4.00. The Labute approximate surface area is 140 Å². The summed E-state index contributed by atoms with van der Waals surface area (Å²) in [6, 6.07) is 0. The molecule has 0 aliphatic rings. The predicted molar refractivity (Wildman–Crippen MR) is 90.9 cm³/mol. The number of carbonyl (C=O) groups is 2. The third kappa shape index (κ3) is 15.0. The summed E-state index contributed by atoms with van der Waals surface area (Å²) in [6.07, 6.45) is 4.50. The van der Waals surface area contributed by atoms with Gasteiger partial charge in [0, 0.05) is 19.9 Å². The maximum atomic E-state index is 11.5. The highest BCUT2D eigenvalue weighted by Crippen LogP contribution is 2.07. The molecule has 1 atom stereocenters. The van der Waals surface area contributed by atoms with Crippen molar-refractivity contribution in [3.05, 3.63) is 0 Å². The molecule has 0 bridgehead atoms. The number of esters is 1. The van der Waals surface area contributed by atoms with Crippen LogP contribution in [-0.2, 0) is 14.3 Å². The van der Waals surface area contributed by atoms with Crippen LogP contribution in [0.1, 0.15) is 73.1 Å². The summed E-state index contributed by atoms with van der Waals surface area (Å²) in [5.41, 5.74) is -0.488. The van der Waals surface area contributed by atoms with Gasteiger partial charge in [-0.05, 0) is 46.5 Å². The lowest BCUT2D eigenvalue weighted by atomic mass is 10.1. The molecule has 0 saturated carbocycles. The number of nitrogens with one attached hydrogen (secondary N) is 1. The van der Waals surface area contributed by atoms with Gasteiger partial charge < -0.3 is 14.8 Å². The molecule has 0 aromatic heterocycles. The van der Waals surface area contributed by atoms with Crippen molar-refractivity contribution >= 4 is 12.1 Å². The van der Waals surface area contributed by atoms with Gasteiger partial charge in [0.2, 0.25) is 0 Å². The first-order valence-corrected chi connectivity index (χ1v) is 8.37. The highest BCUT2D eigenvalue weighted by molar-refractivity contribution is 5.67. The third-order valence-electron chi connectivity index (χ3n) is 2.79. The van der Waals surface area contributed by atoms with Gasteiger partial charge in [0.05, 0.1) is 0 Å². The molecule has 0 spiro atoms. The first-order valence-electron chi connectivity index (χ1n) is 8.37. The molecule has 0 rings (SSSR count). The molecule has 5 heteroatoms. The Hall–Kier alpha value is -1.70. The Morgan fingerprint density at radius 1 is 1.17 bits per heavy atom. The van der Waals surface area contributed by atoms with E-state index in [-0.39, 0.29) is 12.1 Å². The second-order valence-electron chi connectivity index (χ2n) is 6.45. The maximum Gasteiger partial charge on any atom is 0.407 e. The fraction of sp³-hybridized carbons (Fsp3) is 0.778. The summed E-state index contributed by atoms with van der Waals surface area (Å²) in [7, 11) is 0. The average Bonchev–Trinajstić information content (AvgIpc) is 2.40. The van der Waals surface area contributed by atoms with Crippen molar-refractivity contribution in [2.24, 2.45) is 0 Å². The molecule has 0 aromatic rings. The summed E-state index contributed by atoms with van der Waals surface area (Å²) in [5.74, 6) is 5.76. The molecule has 0 radical (unpaired) electrons. The molecule has 0 fully saturated rings. The van der Waals surface area contributed by atoms with Crippen LogP contribution in [0.3, 0.4) is 0 Å². The monoisotopic (exact) mass is 325 g/mol. The fourth-order valence-electron chi connectivity index (χ4n) is 1.77. The fourth-order valence-corrected chi connectivity index (χ4v) is 1.77. The minimum Gasteiger partial charge on any atom is -0.449 e. The van der Waals surface area contributed by atoms with Crippen molar-refractivity contribution in [3.8, 4) is 11.8 Å². The zero-order valence-corrected chi connectivity index (χ0v) is 15.2. The minimum atomic E-state index is -0.488. The highest BCUT2D eigenvalue weighted by Gasteiger charge is 2.15. The van der Waals surface area contributed by atoms with Crippen LogP contribution in [-0.4, -0.2) is 30.3 Å². The van der Waals surface area contributed by atoms with Crippen LogP contribution < -0.4 is 5.32 Å². The lowest BCUT2D eigenvalue weighted by molar-refractivity contribution is -0.144. The van der Waals surface area contributed by atoms with E-state index in [4.69, 9.17) is 9.47 Å². The van der Waals surface area contributed by atoms with Gasteiger partial charge in [-0.15, -0.1) is 0 Å². The smallest absolute Gasteiger partial charge is 0.407 e. The van der Waals surface area contributed by atoms with Crippen LogP contribution >= 0.6 is 0 Å². The van der Waals surface area contributed by atoms with Crippen LogP contribution in [0.15, 0.2) is 0 Å². The van der Waals surface area contributed by atoms with Crippen LogP contribution in [0.2, 0.25) is 0 Å². The normalized spacial score (nSPS) is 11.9. The van der Waals surface area contributed by atoms with Gasteiger partial charge >= 0.3 is 12.1 Å². The molecule has 1 unspecified atom stereocenters. The van der Waals surface area contributed by atoms with Crippen LogP contribution in [0.4, 0.5) is 4.79 Å². The second-order valence-corrected chi connectivity index (χ2v) is 6.45. The number of hydrogen-bond donors (Lipinski definition) is 1. The van der Waals surface area contributed by atoms with Crippen molar-refractivity contribution in [1.82, 2.24) is 5.32 Å². The molecule has 0 heterocycles. The summed E-state index contributed by atoms with van der Waals surface area (Å²) < 4.78 is 10.4. The summed E-state index contributed by atoms with van der Waals surface area (Å²) in [4.78, 5) is 22.6. The van der Waals surface area contributed by atoms with E-state index in [9.17, 15) is 9.59 Å². The van der Waals surface area contributed by atoms with Crippen molar-refractivity contribution in [2.45, 2.75) is 84.8 Å². The Bertz CT molecular complexity index is 415. The minimum absolute atomic E-state index is 0.313. The zero-order valence-electron chi connectivity index (χ0n) is 15.2. The molecule has 0 aliphatic heterocycles. The number of carbonyl (C=O) groups excluding carboxylic acids is 2. The van der Waals surface area contributed by atoms with E-state index in [1.165, 1.54) is 6.92 Å². The number of unbranched alkanes of at least 4 members (excludes halogenated alkanes) is 3. The van der Waals surface area contributed by atoms with Crippen LogP contribution in [0, 0.1) is 11.8 Å². The number of alkyl carbamates (subject to hydrolysis) is 1. The number of rotatable bonds is 8. The van der Waals surface area contributed by atoms with Crippen molar-refractivity contribution < 1.29 is 19.1 Å². The second kappa shape index (κ2) is 11.8. The maximum absolute atomic E-state index is 11.5. The molecular weight excluding hydrogens is 294 g/mol. The lowest BCUT2D eigenvalue weighted by Crippen LogP contribution is -2.33. The number of amides is 1. The Kier molecular flexibility index (Phi) is 10.9. The first-order chi connectivity index (χ1) is 10.7. The van der Waals surface area contributed by atoms with Gasteiger partial charge in [0.1, 0.15) is 5.60 Å². The SMILES string of the molecule is CCCCC#CC(CCCCNC(=O)OC(C)(C)C)OC(C)=O. The highest BCUT2D eigenvalue weighted by atomic mass is 16.6. The molecule has 1 amide bonds. The van der Waals surface area contributed by atoms with E-state index in [1.54, 1.807) is 0 Å². The van der Waals surface area contributed by atoms with Crippen molar-refractivity contribution in [3.63, 3.8) is 0 Å². The van der Waals surface area contributed by atoms with E-state index in [2.05, 4.69) is 24.1 Å². The van der Waals surface area contributed by atoms with Gasteiger partial charge in [-0.25, -0.2) is 4.79 Å². The molecule has 5 nitrogen and oxygen atoms in total. The predicted octanol–water partition coefficient (Wildman–Crippen LogP) is 3.81. The number of hydrogen-bond acceptors (Lipinski definition) is 4. The molecule has 1 N–H and O–H groups in total. The quantitative estimate of drug-likeness (QED) is 0.419. The topological polar surface area (TPSA) is 64.6 Å². The number of ether oxygens (including phenoxy) is 2. The molecule has 23 heavy (non-hydrogen) atoms. The van der Waals surface area contributed by atoms with Crippen LogP contribution in [0.25, 0.3) is 0 Å². The first kappa shape index (κ1) is 21.3. The molecule has 0 aliphatic carbocycles. The summed E-state index contributed by atoms with van der Waals surface area (Å²) >= 11 is 0. The zero-order chi connectivity index (χ0) is 17.7. The molecule has 0 aromatic carbocycles. The van der Waals surface area contributed by atoms with E-state index in [1.807, 2.05) is 20.8 Å². The van der Waals surface area contributed by atoms with Gasteiger partial charge in [0.15, 0.2) is 6.10 Å². The summed E-state index contributed by atoms with van der Waals surface area (Å²) in [5, 5.41) is 2.71. The van der Waals surface area contributed by atoms with E-state index in [0.717, 1.165) is 32.1 Å². The van der Waals surface area contributed by atoms with Gasteiger partial charge in [-0.2, -0.15) is 0 Å². The summed E-state index contributed by atoms with van der Waals surface area (Å²) in [6.45, 7) is 9.52. The van der Waals surface area contributed by atoms with E-state index >= 15 is 0 Å². The standard InChI is InChI=1S/C18H31NO4/c1-6-7-8-9-12-16(22-15(2)20)13-10-11-14-19-17(21)23-18(3,4)5/h16H,6-8,10-11,13-14H2,1-5H3,(H,19,21). The van der Waals surface area contributed by atoms with Crippen molar-refractivity contribution in [1.29, 1.82) is 0 Å². The van der Waals surface area contributed by atoms with Gasteiger partial charge in [-0.1, -0.05) is 25.2 Å². The Morgan fingerprint density at radius 3 is 2.43 bits per heavy atom. The largest absolute Gasteiger partial charge is 0.449 e. The van der Waals surface area contributed by atoms with Gasteiger partial charge in [0.25, 0.3) is 0 Å². The van der Waals surface area contributed by atoms with E-state index < -0.39 is 11.7 Å². The Morgan fingerprint density at radius 2 is 1.87 bits per heavy atom. The third-order valence-corrected chi connectivity index (χ3v) is 2.79. The molecular formula is C18H31NO4. The van der Waals surface area contributed by atoms with E-state index in [0.29, 0.717) is 13.0 Å². The lowest BCUT2D eigenvalue weighted by Gasteiger charge is -2.19. The van der Waals surface area contributed by atoms with Crippen LogP contribution in [0.5, 0.6) is 0 Å². The van der Waals surface area contributed by atoms with Gasteiger partial charge in [-0.3, -0.25) is 4.79 Å². The van der Waals surface area contributed by atoms with Crippen molar-refractivity contribution in [2.75, 3.05) is 6.54 Å².